The number of halogens is 2. The second-order valence-corrected chi connectivity index (χ2v) is 4.51. The minimum absolute atomic E-state index is 0.218. The monoisotopic (exact) mass is 293 g/mol. The largest absolute Gasteiger partial charge is 0.384 e. The number of hydrogen-bond donors (Lipinski definition) is 2. The van der Waals surface area contributed by atoms with E-state index in [9.17, 15) is 9.18 Å². The molecule has 0 fully saturated rings. The summed E-state index contributed by atoms with van der Waals surface area (Å²) < 4.78 is 13.2. The third kappa shape index (κ3) is 3.68. The predicted octanol–water partition coefficient (Wildman–Crippen LogP) is 3.56. The Morgan fingerprint density at radius 3 is 2.70 bits per heavy atom. The van der Waals surface area contributed by atoms with Gasteiger partial charge in [-0.1, -0.05) is 11.6 Å². The number of carbonyl (C=O) groups is 1. The first-order chi connectivity index (χ1) is 9.58. The Balaban J connectivity index is 2.11. The van der Waals surface area contributed by atoms with Crippen LogP contribution in [0.15, 0.2) is 36.5 Å². The lowest BCUT2D eigenvalue weighted by Gasteiger charge is -2.07. The van der Waals surface area contributed by atoms with Crippen LogP contribution in [0.3, 0.4) is 0 Å². The Labute approximate surface area is 121 Å². The fraction of sp³-hybridized carbons (Fsp3) is 0.143. The molecule has 1 aromatic heterocycles. The zero-order valence-corrected chi connectivity index (χ0v) is 11.5. The van der Waals surface area contributed by atoms with Crippen molar-refractivity contribution in [1.29, 1.82) is 0 Å². The van der Waals surface area contributed by atoms with Crippen LogP contribution in [-0.2, 0) is 0 Å². The molecule has 0 saturated carbocycles. The van der Waals surface area contributed by atoms with E-state index in [1.165, 1.54) is 18.2 Å². The highest BCUT2D eigenvalue weighted by Gasteiger charge is 2.09. The lowest BCUT2D eigenvalue weighted by atomic mass is 10.2. The minimum Gasteiger partial charge on any atom is -0.384 e. The van der Waals surface area contributed by atoms with E-state index in [2.05, 4.69) is 15.6 Å². The maximum atomic E-state index is 13.2. The first kappa shape index (κ1) is 14.3. The molecule has 0 aliphatic rings. The number of benzene rings is 1. The second-order valence-electron chi connectivity index (χ2n) is 4.07. The van der Waals surface area contributed by atoms with Crippen molar-refractivity contribution in [2.75, 3.05) is 17.2 Å². The highest BCUT2D eigenvalue weighted by Crippen LogP contribution is 2.18. The van der Waals surface area contributed by atoms with Gasteiger partial charge in [-0.3, -0.25) is 4.79 Å². The van der Waals surface area contributed by atoms with Crippen molar-refractivity contribution in [2.45, 2.75) is 6.92 Å². The molecule has 1 aromatic carbocycles. The number of rotatable bonds is 4. The van der Waals surface area contributed by atoms with Gasteiger partial charge >= 0.3 is 0 Å². The molecule has 0 unspecified atom stereocenters. The van der Waals surface area contributed by atoms with Crippen LogP contribution in [0.5, 0.6) is 0 Å². The van der Waals surface area contributed by atoms with Crippen molar-refractivity contribution in [1.82, 2.24) is 4.98 Å². The topological polar surface area (TPSA) is 54.0 Å². The molecule has 2 aromatic rings. The van der Waals surface area contributed by atoms with Gasteiger partial charge in [-0.05, 0) is 37.3 Å². The number of pyridine rings is 1. The van der Waals surface area contributed by atoms with E-state index in [-0.39, 0.29) is 16.4 Å². The molecule has 0 aliphatic heterocycles. The number of aromatic nitrogens is 1. The van der Waals surface area contributed by atoms with Crippen LogP contribution in [0.25, 0.3) is 0 Å². The van der Waals surface area contributed by atoms with Crippen LogP contribution in [0, 0.1) is 5.82 Å². The number of nitrogens with zero attached hydrogens (tertiary/aromatic N) is 1. The first-order valence-electron chi connectivity index (χ1n) is 6.06. The molecule has 0 bridgehead atoms. The summed E-state index contributed by atoms with van der Waals surface area (Å²) in [5, 5.41) is 5.84. The molecule has 1 heterocycles. The number of anilines is 2. The first-order valence-corrected chi connectivity index (χ1v) is 6.43. The highest BCUT2D eigenvalue weighted by atomic mass is 35.5. The van der Waals surface area contributed by atoms with Gasteiger partial charge in [0.1, 0.15) is 11.5 Å². The van der Waals surface area contributed by atoms with Gasteiger partial charge < -0.3 is 10.6 Å². The third-order valence-corrected chi connectivity index (χ3v) is 2.72. The SMILES string of the molecule is CCNc1ccc(C(=O)Nc2cc(F)cc(Cl)c2)nc1. The normalized spacial score (nSPS) is 10.2. The number of carbonyl (C=O) groups excluding carboxylic acids is 1. The molecular formula is C14H13ClFN3O. The minimum atomic E-state index is -0.511. The highest BCUT2D eigenvalue weighted by molar-refractivity contribution is 6.31. The molecule has 2 rings (SSSR count). The third-order valence-electron chi connectivity index (χ3n) is 2.50. The van der Waals surface area contributed by atoms with Crippen LogP contribution in [0.1, 0.15) is 17.4 Å². The van der Waals surface area contributed by atoms with Crippen molar-refractivity contribution in [3.05, 3.63) is 53.1 Å². The summed E-state index contributed by atoms with van der Waals surface area (Å²) in [6.45, 7) is 2.74. The molecule has 4 nitrogen and oxygen atoms in total. The van der Waals surface area contributed by atoms with Gasteiger partial charge in [0.15, 0.2) is 0 Å². The maximum Gasteiger partial charge on any atom is 0.274 e. The molecule has 0 radical (unpaired) electrons. The Bertz CT molecular complexity index is 596. The van der Waals surface area contributed by atoms with Gasteiger partial charge in [-0.2, -0.15) is 0 Å². The molecule has 0 spiro atoms. The molecule has 20 heavy (non-hydrogen) atoms. The van der Waals surface area contributed by atoms with Crippen LogP contribution >= 0.6 is 11.6 Å². The fourth-order valence-electron chi connectivity index (χ4n) is 1.66. The summed E-state index contributed by atoms with van der Waals surface area (Å²) in [6, 6.07) is 7.17. The van der Waals surface area contributed by atoms with E-state index in [0.717, 1.165) is 12.2 Å². The van der Waals surface area contributed by atoms with E-state index in [1.54, 1.807) is 18.3 Å². The Hall–Kier alpha value is -2.14. The van der Waals surface area contributed by atoms with Crippen molar-refractivity contribution in [3.63, 3.8) is 0 Å². The molecule has 2 N–H and O–H groups in total. The molecule has 1 amide bonds. The van der Waals surface area contributed by atoms with Gasteiger partial charge in [-0.15, -0.1) is 0 Å². The summed E-state index contributed by atoms with van der Waals surface area (Å²) in [6.07, 6.45) is 1.57. The molecule has 104 valence electrons. The Morgan fingerprint density at radius 1 is 1.30 bits per heavy atom. The van der Waals surface area contributed by atoms with Crippen molar-refractivity contribution in [3.8, 4) is 0 Å². The zero-order valence-electron chi connectivity index (χ0n) is 10.8. The number of nitrogens with one attached hydrogen (secondary N) is 2. The van der Waals surface area contributed by atoms with Gasteiger partial charge in [0.2, 0.25) is 0 Å². The molecule has 0 aliphatic carbocycles. The molecule has 6 heteroatoms. The van der Waals surface area contributed by atoms with E-state index in [1.807, 2.05) is 6.92 Å². The second kappa shape index (κ2) is 6.34. The van der Waals surface area contributed by atoms with E-state index < -0.39 is 11.7 Å². The zero-order chi connectivity index (χ0) is 14.5. The Kier molecular flexibility index (Phi) is 4.53. The van der Waals surface area contributed by atoms with Crippen molar-refractivity contribution < 1.29 is 9.18 Å². The van der Waals surface area contributed by atoms with Gasteiger partial charge in [-0.25, -0.2) is 9.37 Å². The van der Waals surface area contributed by atoms with Gasteiger partial charge in [0.05, 0.1) is 11.9 Å². The van der Waals surface area contributed by atoms with Gasteiger partial charge in [0, 0.05) is 17.3 Å². The van der Waals surface area contributed by atoms with E-state index >= 15 is 0 Å². The van der Waals surface area contributed by atoms with Crippen LogP contribution in [0.2, 0.25) is 5.02 Å². The lowest BCUT2D eigenvalue weighted by molar-refractivity contribution is 0.102. The summed E-state index contributed by atoms with van der Waals surface area (Å²) in [7, 11) is 0. The van der Waals surface area contributed by atoms with Crippen LogP contribution in [0.4, 0.5) is 15.8 Å². The lowest BCUT2D eigenvalue weighted by Crippen LogP contribution is -2.14. The maximum absolute atomic E-state index is 13.2. The molecular weight excluding hydrogens is 281 g/mol. The Morgan fingerprint density at radius 2 is 2.10 bits per heavy atom. The van der Waals surface area contributed by atoms with Crippen molar-refractivity contribution in [2.24, 2.45) is 0 Å². The standard InChI is InChI=1S/C14H13ClFN3O/c1-2-17-11-3-4-13(18-8-11)14(20)19-12-6-9(15)5-10(16)7-12/h3-8,17H,2H2,1H3,(H,19,20). The quantitative estimate of drug-likeness (QED) is 0.906. The summed E-state index contributed by atoms with van der Waals surface area (Å²) in [5.41, 5.74) is 1.36. The van der Waals surface area contributed by atoms with E-state index in [4.69, 9.17) is 11.6 Å². The van der Waals surface area contributed by atoms with E-state index in [0.29, 0.717) is 0 Å². The van der Waals surface area contributed by atoms with Crippen LogP contribution in [-0.4, -0.2) is 17.4 Å². The molecule has 0 saturated heterocycles. The molecule has 0 atom stereocenters. The van der Waals surface area contributed by atoms with Crippen LogP contribution < -0.4 is 10.6 Å². The smallest absolute Gasteiger partial charge is 0.274 e. The van der Waals surface area contributed by atoms with Gasteiger partial charge in [0.25, 0.3) is 5.91 Å². The fourth-order valence-corrected chi connectivity index (χ4v) is 1.88. The van der Waals surface area contributed by atoms with Crippen molar-refractivity contribution >= 4 is 28.9 Å². The average Bonchev–Trinajstić information content (AvgIpc) is 2.38. The summed E-state index contributed by atoms with van der Waals surface area (Å²) >= 11 is 5.72. The summed E-state index contributed by atoms with van der Waals surface area (Å²) in [5.74, 6) is -0.932. The number of amides is 1. The average molecular weight is 294 g/mol. The predicted molar refractivity (Wildman–Crippen MR) is 77.8 cm³/mol. The number of hydrogen-bond acceptors (Lipinski definition) is 3. The summed E-state index contributed by atoms with van der Waals surface area (Å²) in [4.78, 5) is 16.0.